The van der Waals surface area contributed by atoms with E-state index in [2.05, 4.69) is 111 Å². The van der Waals surface area contributed by atoms with Crippen molar-refractivity contribution in [3.05, 3.63) is 109 Å². The molecule has 0 heterocycles. The third-order valence-electron chi connectivity index (χ3n) is 8.45. The lowest BCUT2D eigenvalue weighted by atomic mass is 10.1. The maximum absolute atomic E-state index is 12.7. The standard InChI is InChI=1S/C48H75NO7/c1-6-8-10-12-14-16-17-18-19-20-21-22-23-24-25-26-27-28-29-31-33-35-37-39-47(51)56-44(42-54-41-40-45(48(52)53)49(3,4)5)43-55-46(50)38-36-34-32-30-15-13-11-9-7-2/h8-11,14-16,18-19,21-22,24-25,27-28,30,34,36,44-45H,6-7,12-13,17,20,23,26,29,31-33,35,37-43H2,1-5H3/p+1/b10-8+,11-9+,16-14+,19-18+,22-21+,25-24+,28-27+,30-15+,36-34+. The van der Waals surface area contributed by atoms with Crippen LogP contribution in [0.4, 0.5) is 0 Å². The van der Waals surface area contributed by atoms with Crippen molar-refractivity contribution in [2.75, 3.05) is 41.0 Å². The van der Waals surface area contributed by atoms with E-state index in [1.807, 2.05) is 27.2 Å². The molecule has 0 saturated carbocycles. The zero-order valence-corrected chi connectivity index (χ0v) is 35.5. The molecule has 0 aromatic heterocycles. The maximum atomic E-state index is 12.7. The topological polar surface area (TPSA) is 99.1 Å². The summed E-state index contributed by atoms with van der Waals surface area (Å²) < 4.78 is 17.1. The molecule has 0 aromatic rings. The molecule has 0 aliphatic carbocycles. The highest BCUT2D eigenvalue weighted by molar-refractivity contribution is 5.72. The second-order valence-electron chi connectivity index (χ2n) is 14.5. The number of carboxylic acids is 1. The fourth-order valence-electron chi connectivity index (χ4n) is 5.27. The van der Waals surface area contributed by atoms with Crippen molar-refractivity contribution in [3.8, 4) is 0 Å². The van der Waals surface area contributed by atoms with Crippen LogP contribution in [0.5, 0.6) is 0 Å². The molecule has 2 unspecified atom stereocenters. The number of carbonyl (C=O) groups is 3. The predicted molar refractivity (Wildman–Crippen MR) is 233 cm³/mol. The fraction of sp³-hybridized carbons (Fsp3) is 0.562. The summed E-state index contributed by atoms with van der Waals surface area (Å²) in [7, 11) is 5.47. The average molecular weight is 779 g/mol. The molecule has 8 heteroatoms. The molecule has 314 valence electrons. The van der Waals surface area contributed by atoms with E-state index in [0.29, 0.717) is 12.8 Å². The second-order valence-corrected chi connectivity index (χ2v) is 14.5. The predicted octanol–water partition coefficient (Wildman–Crippen LogP) is 11.3. The Hall–Kier alpha value is -4.01. The van der Waals surface area contributed by atoms with Gasteiger partial charge in [-0.05, 0) is 77.0 Å². The van der Waals surface area contributed by atoms with Gasteiger partial charge in [0.1, 0.15) is 6.61 Å². The van der Waals surface area contributed by atoms with E-state index >= 15 is 0 Å². The van der Waals surface area contributed by atoms with Gasteiger partial charge in [-0.3, -0.25) is 9.59 Å². The first-order valence-electron chi connectivity index (χ1n) is 20.9. The van der Waals surface area contributed by atoms with Crippen LogP contribution < -0.4 is 0 Å². The average Bonchev–Trinajstić information content (AvgIpc) is 3.15. The number of hydrogen-bond donors (Lipinski definition) is 1. The second kappa shape index (κ2) is 37.9. The lowest BCUT2D eigenvalue weighted by molar-refractivity contribution is -0.887. The molecule has 0 amide bonds. The monoisotopic (exact) mass is 779 g/mol. The molecule has 0 aliphatic heterocycles. The maximum Gasteiger partial charge on any atom is 0.362 e. The molecule has 56 heavy (non-hydrogen) atoms. The quantitative estimate of drug-likeness (QED) is 0.0296. The third-order valence-corrected chi connectivity index (χ3v) is 8.45. The molecule has 0 radical (unpaired) electrons. The zero-order chi connectivity index (χ0) is 41.4. The van der Waals surface area contributed by atoms with E-state index in [1.54, 1.807) is 6.08 Å². The van der Waals surface area contributed by atoms with Crippen LogP contribution in [0, 0.1) is 0 Å². The fourth-order valence-corrected chi connectivity index (χ4v) is 5.27. The van der Waals surface area contributed by atoms with Gasteiger partial charge in [-0.2, -0.15) is 0 Å². The first-order chi connectivity index (χ1) is 27.1. The number of carboxylic acid groups (broad SMARTS) is 1. The highest BCUT2D eigenvalue weighted by Crippen LogP contribution is 2.11. The molecule has 2 atom stereocenters. The minimum Gasteiger partial charge on any atom is -0.477 e. The highest BCUT2D eigenvalue weighted by Gasteiger charge is 2.31. The Balaban J connectivity index is 4.43. The molecular weight excluding hydrogens is 703 g/mol. The Bertz CT molecular complexity index is 1280. The summed E-state index contributed by atoms with van der Waals surface area (Å²) in [5, 5.41) is 9.59. The minimum atomic E-state index is -0.896. The van der Waals surface area contributed by atoms with Crippen LogP contribution in [-0.4, -0.2) is 80.6 Å². The number of unbranched alkanes of at least 4 members (excludes halogenated alkanes) is 4. The van der Waals surface area contributed by atoms with Crippen LogP contribution in [0.3, 0.4) is 0 Å². The number of quaternary nitrogens is 1. The van der Waals surface area contributed by atoms with Crippen LogP contribution in [0.1, 0.15) is 123 Å². The molecule has 0 spiro atoms. The van der Waals surface area contributed by atoms with Gasteiger partial charge in [0.2, 0.25) is 0 Å². The first kappa shape index (κ1) is 52.0. The van der Waals surface area contributed by atoms with Gasteiger partial charge in [-0.15, -0.1) is 0 Å². The number of carbonyl (C=O) groups excluding carboxylic acids is 2. The lowest BCUT2D eigenvalue weighted by Gasteiger charge is -2.31. The number of nitrogens with zero attached hydrogens (tertiary/aromatic N) is 1. The van der Waals surface area contributed by atoms with E-state index in [9.17, 15) is 19.5 Å². The van der Waals surface area contributed by atoms with E-state index < -0.39 is 24.1 Å². The Morgan fingerprint density at radius 3 is 1.46 bits per heavy atom. The summed E-state index contributed by atoms with van der Waals surface area (Å²) in [4.78, 5) is 36.7. The van der Waals surface area contributed by atoms with Crippen molar-refractivity contribution in [2.45, 2.75) is 135 Å². The molecular formula is C48H76NO7+. The van der Waals surface area contributed by atoms with Gasteiger partial charge < -0.3 is 23.8 Å². The smallest absolute Gasteiger partial charge is 0.362 e. The molecule has 0 aromatic carbocycles. The third kappa shape index (κ3) is 35.7. The van der Waals surface area contributed by atoms with Crippen molar-refractivity contribution in [2.24, 2.45) is 0 Å². The van der Waals surface area contributed by atoms with Gasteiger partial charge in [0, 0.05) is 12.8 Å². The minimum absolute atomic E-state index is 0.0154. The summed E-state index contributed by atoms with van der Waals surface area (Å²) in [6, 6.07) is -0.636. The Kier molecular flexibility index (Phi) is 35.2. The van der Waals surface area contributed by atoms with Crippen LogP contribution in [0.2, 0.25) is 0 Å². The molecule has 1 N–H and O–H groups in total. The summed E-state index contributed by atoms with van der Waals surface area (Å²) in [5.74, 6) is -1.67. The lowest BCUT2D eigenvalue weighted by Crippen LogP contribution is -2.50. The highest BCUT2D eigenvalue weighted by atomic mass is 16.6. The molecule has 0 aliphatic rings. The van der Waals surface area contributed by atoms with E-state index in [4.69, 9.17) is 14.2 Å². The van der Waals surface area contributed by atoms with Crippen LogP contribution >= 0.6 is 0 Å². The zero-order valence-electron chi connectivity index (χ0n) is 35.5. The summed E-state index contributed by atoms with van der Waals surface area (Å²) in [6.07, 6.45) is 51.8. The van der Waals surface area contributed by atoms with E-state index in [0.717, 1.165) is 83.5 Å². The Labute approximate surface area is 340 Å². The number of hydrogen-bond acceptors (Lipinski definition) is 6. The largest absolute Gasteiger partial charge is 0.477 e. The number of ether oxygens (including phenoxy) is 3. The van der Waals surface area contributed by atoms with Gasteiger partial charge in [0.25, 0.3) is 0 Å². The summed E-state index contributed by atoms with van der Waals surface area (Å²) >= 11 is 0. The number of allylic oxidation sites excluding steroid dienone is 17. The van der Waals surface area contributed by atoms with Crippen molar-refractivity contribution in [1.29, 1.82) is 0 Å². The Morgan fingerprint density at radius 1 is 0.554 bits per heavy atom. The van der Waals surface area contributed by atoms with Gasteiger partial charge in [0.05, 0.1) is 40.8 Å². The van der Waals surface area contributed by atoms with Gasteiger partial charge in [0.15, 0.2) is 12.1 Å². The SMILES string of the molecule is CC/C=C/C/C=C/C/C=C/C/C=C/C/C=C/C/C=C/CCCCCCC(=O)OC(COCCC(C(=O)O)[N+](C)(C)C)COC(=O)C/C=C/C/C=C/C/C=C/CC. The van der Waals surface area contributed by atoms with Crippen molar-refractivity contribution >= 4 is 17.9 Å². The summed E-state index contributed by atoms with van der Waals surface area (Å²) in [6.45, 7) is 4.32. The van der Waals surface area contributed by atoms with Gasteiger partial charge >= 0.3 is 17.9 Å². The Morgan fingerprint density at radius 2 is 1.00 bits per heavy atom. The molecule has 8 nitrogen and oxygen atoms in total. The van der Waals surface area contributed by atoms with Crippen LogP contribution in [-0.2, 0) is 28.6 Å². The normalized spacial score (nSPS) is 14.1. The molecule has 0 bridgehead atoms. The van der Waals surface area contributed by atoms with Crippen LogP contribution in [0.15, 0.2) is 109 Å². The number of likely N-dealkylation sites (N-methyl/N-ethyl adjacent to an activating group) is 1. The van der Waals surface area contributed by atoms with Crippen molar-refractivity contribution in [1.82, 2.24) is 0 Å². The summed E-state index contributed by atoms with van der Waals surface area (Å²) in [5.41, 5.74) is 0. The number of aliphatic carboxylic acids is 1. The molecule has 0 saturated heterocycles. The van der Waals surface area contributed by atoms with Crippen molar-refractivity contribution in [3.63, 3.8) is 0 Å². The van der Waals surface area contributed by atoms with Gasteiger partial charge in [-0.25, -0.2) is 4.79 Å². The van der Waals surface area contributed by atoms with Crippen molar-refractivity contribution < 1.29 is 38.2 Å². The molecule has 0 fully saturated rings. The number of esters is 2. The van der Waals surface area contributed by atoms with E-state index in [-0.39, 0.29) is 43.1 Å². The number of rotatable bonds is 35. The van der Waals surface area contributed by atoms with Gasteiger partial charge in [-0.1, -0.05) is 136 Å². The van der Waals surface area contributed by atoms with Crippen LogP contribution in [0.25, 0.3) is 0 Å². The first-order valence-corrected chi connectivity index (χ1v) is 20.9. The van der Waals surface area contributed by atoms with E-state index in [1.165, 1.54) is 0 Å². The molecule has 0 rings (SSSR count).